The van der Waals surface area contributed by atoms with Crippen LogP contribution in [-0.2, 0) is 22.2 Å². The second-order valence-corrected chi connectivity index (χ2v) is 4.49. The molecule has 10 heteroatoms. The first-order chi connectivity index (χ1) is 7.34. The molecule has 3 unspecified atom stereocenters. The van der Waals surface area contributed by atoms with Crippen LogP contribution in [-0.4, -0.2) is 37.7 Å². The molecule has 0 aromatic carbocycles. The van der Waals surface area contributed by atoms with E-state index in [1.807, 2.05) is 0 Å². The average Bonchev–Trinajstić information content (AvgIpc) is 2.16. The van der Waals surface area contributed by atoms with Gasteiger partial charge in [-0.05, 0) is 6.92 Å². The molecule has 1 aromatic heterocycles. The molecule has 90 valence electrons. The third-order valence-corrected chi connectivity index (χ3v) is 2.77. The number of rotatable bonds is 3. The molecule has 0 fully saturated rings. The van der Waals surface area contributed by atoms with Gasteiger partial charge in [0.05, 0.1) is 0 Å². The van der Waals surface area contributed by atoms with Crippen molar-refractivity contribution in [2.45, 2.75) is 23.1 Å². The van der Waals surface area contributed by atoms with Crippen LogP contribution in [0.15, 0.2) is 10.1 Å². The molecule has 1 aromatic rings. The SMILES string of the molecule is CC(O)c1nc(S(=O)O)c(O)c(S(=O)O)n1. The maximum Gasteiger partial charge on any atom is 0.209 e. The zero-order valence-electron chi connectivity index (χ0n) is 7.89. The molecule has 1 rings (SSSR count). The van der Waals surface area contributed by atoms with Crippen LogP contribution in [0.5, 0.6) is 5.75 Å². The van der Waals surface area contributed by atoms with Gasteiger partial charge in [-0.15, -0.1) is 0 Å². The number of aromatic hydroxyl groups is 1. The van der Waals surface area contributed by atoms with Gasteiger partial charge < -0.3 is 19.3 Å². The number of aliphatic hydroxyl groups is 1. The van der Waals surface area contributed by atoms with E-state index in [1.165, 1.54) is 6.92 Å². The summed E-state index contributed by atoms with van der Waals surface area (Å²) in [5.41, 5.74) is 0. The van der Waals surface area contributed by atoms with Gasteiger partial charge in [-0.25, -0.2) is 18.4 Å². The van der Waals surface area contributed by atoms with Crippen molar-refractivity contribution in [3.63, 3.8) is 0 Å². The van der Waals surface area contributed by atoms with Crippen molar-refractivity contribution in [1.82, 2.24) is 9.97 Å². The topological polar surface area (TPSA) is 141 Å². The fourth-order valence-corrected chi connectivity index (χ4v) is 1.79. The van der Waals surface area contributed by atoms with Crippen molar-refractivity contribution in [3.8, 4) is 5.75 Å². The first kappa shape index (κ1) is 13.1. The molecule has 0 aliphatic carbocycles. The lowest BCUT2D eigenvalue weighted by Crippen LogP contribution is -2.09. The van der Waals surface area contributed by atoms with E-state index in [4.69, 9.17) is 14.2 Å². The molecule has 0 saturated heterocycles. The summed E-state index contributed by atoms with van der Waals surface area (Å²) in [4.78, 5) is 6.82. The Labute approximate surface area is 94.9 Å². The van der Waals surface area contributed by atoms with Gasteiger partial charge in [0.15, 0.2) is 11.6 Å². The van der Waals surface area contributed by atoms with Gasteiger partial charge in [0, 0.05) is 0 Å². The van der Waals surface area contributed by atoms with E-state index in [0.717, 1.165) is 0 Å². The first-order valence-electron chi connectivity index (χ1n) is 3.85. The van der Waals surface area contributed by atoms with E-state index in [2.05, 4.69) is 9.97 Å². The van der Waals surface area contributed by atoms with Crippen molar-refractivity contribution in [2.24, 2.45) is 0 Å². The molecule has 0 spiro atoms. The standard InChI is InChI=1S/C6H8N2O6S2/c1-2(9)4-7-5(15(11)12)3(10)6(8-4)16(13)14/h2,9-10H,1H3,(H,11,12)(H,13,14). The zero-order valence-corrected chi connectivity index (χ0v) is 9.53. The minimum absolute atomic E-state index is 0.326. The molecule has 4 N–H and O–H groups in total. The highest BCUT2D eigenvalue weighted by atomic mass is 32.2. The molecule has 16 heavy (non-hydrogen) atoms. The molecule has 0 amide bonds. The van der Waals surface area contributed by atoms with Crippen LogP contribution in [0.4, 0.5) is 0 Å². The van der Waals surface area contributed by atoms with Crippen LogP contribution in [0.3, 0.4) is 0 Å². The van der Waals surface area contributed by atoms with Gasteiger partial charge in [-0.2, -0.15) is 0 Å². The van der Waals surface area contributed by atoms with E-state index in [1.54, 1.807) is 0 Å². The number of hydrogen-bond donors (Lipinski definition) is 4. The molecule has 1 heterocycles. The van der Waals surface area contributed by atoms with Gasteiger partial charge in [0.25, 0.3) is 0 Å². The molecular weight excluding hydrogens is 260 g/mol. The summed E-state index contributed by atoms with van der Waals surface area (Å²) in [5.74, 6) is -1.27. The first-order valence-corrected chi connectivity index (χ1v) is 6.06. The van der Waals surface area contributed by atoms with Gasteiger partial charge in [0.2, 0.25) is 32.2 Å². The van der Waals surface area contributed by atoms with E-state index in [0.29, 0.717) is 0 Å². The lowest BCUT2D eigenvalue weighted by Gasteiger charge is -2.08. The van der Waals surface area contributed by atoms with Crippen LogP contribution < -0.4 is 0 Å². The van der Waals surface area contributed by atoms with Gasteiger partial charge >= 0.3 is 0 Å². The fourth-order valence-electron chi connectivity index (χ4n) is 0.861. The maximum atomic E-state index is 10.8. The van der Waals surface area contributed by atoms with Crippen molar-refractivity contribution >= 4 is 22.2 Å². The summed E-state index contributed by atoms with van der Waals surface area (Å²) < 4.78 is 39.1. The lowest BCUT2D eigenvalue weighted by molar-refractivity contribution is 0.186. The fraction of sp³-hybridized carbons (Fsp3) is 0.333. The summed E-state index contributed by atoms with van der Waals surface area (Å²) in [7, 11) is 0. The average molecular weight is 268 g/mol. The van der Waals surface area contributed by atoms with Crippen molar-refractivity contribution in [1.29, 1.82) is 0 Å². The van der Waals surface area contributed by atoms with E-state index >= 15 is 0 Å². The summed E-state index contributed by atoms with van der Waals surface area (Å²) >= 11 is -5.30. The Balaban J connectivity index is 3.51. The second-order valence-electron chi connectivity index (χ2n) is 2.72. The van der Waals surface area contributed by atoms with Crippen LogP contribution in [0.2, 0.25) is 0 Å². The summed E-state index contributed by atoms with van der Waals surface area (Å²) in [5, 5.41) is 17.0. The van der Waals surface area contributed by atoms with Crippen molar-refractivity contribution in [3.05, 3.63) is 5.82 Å². The number of aromatic nitrogens is 2. The highest BCUT2D eigenvalue weighted by Gasteiger charge is 2.22. The minimum atomic E-state index is -2.65. The Hall–Kier alpha value is -0.940. The monoisotopic (exact) mass is 268 g/mol. The summed E-state index contributed by atoms with van der Waals surface area (Å²) in [6, 6.07) is 0. The van der Waals surface area contributed by atoms with Crippen LogP contribution >= 0.6 is 0 Å². The van der Waals surface area contributed by atoms with Crippen molar-refractivity contribution < 1.29 is 27.7 Å². The van der Waals surface area contributed by atoms with E-state index < -0.39 is 44.1 Å². The Morgan fingerprint density at radius 2 is 1.50 bits per heavy atom. The van der Waals surface area contributed by atoms with Gasteiger partial charge in [-0.1, -0.05) is 0 Å². The Bertz CT molecular complexity index is 427. The summed E-state index contributed by atoms with van der Waals surface area (Å²) in [6.45, 7) is 1.26. The third-order valence-electron chi connectivity index (χ3n) is 1.54. The molecule has 0 aliphatic heterocycles. The Morgan fingerprint density at radius 1 is 1.12 bits per heavy atom. The van der Waals surface area contributed by atoms with Gasteiger partial charge in [-0.3, -0.25) is 0 Å². The number of aliphatic hydroxyl groups excluding tert-OH is 1. The minimum Gasteiger partial charge on any atom is -0.503 e. The molecular formula is C6H8N2O6S2. The Kier molecular flexibility index (Phi) is 4.04. The predicted octanol–water partition coefficient (Wildman–Crippen LogP) is -0.603. The van der Waals surface area contributed by atoms with E-state index in [-0.39, 0.29) is 5.82 Å². The van der Waals surface area contributed by atoms with Crippen LogP contribution in [0, 0.1) is 0 Å². The van der Waals surface area contributed by atoms with Crippen molar-refractivity contribution in [2.75, 3.05) is 0 Å². The largest absolute Gasteiger partial charge is 0.503 e. The molecule has 0 saturated carbocycles. The highest BCUT2D eigenvalue weighted by molar-refractivity contribution is 7.80. The Morgan fingerprint density at radius 3 is 1.75 bits per heavy atom. The zero-order chi connectivity index (χ0) is 12.5. The van der Waals surface area contributed by atoms with Crippen LogP contribution in [0.25, 0.3) is 0 Å². The predicted molar refractivity (Wildman–Crippen MR) is 52.4 cm³/mol. The smallest absolute Gasteiger partial charge is 0.209 e. The van der Waals surface area contributed by atoms with E-state index in [9.17, 15) is 13.5 Å². The highest BCUT2D eigenvalue weighted by Crippen LogP contribution is 2.25. The molecule has 8 nitrogen and oxygen atoms in total. The normalized spacial score (nSPS) is 16.8. The molecule has 0 aliphatic rings. The maximum absolute atomic E-state index is 10.8. The number of hydrogen-bond acceptors (Lipinski definition) is 6. The molecule has 0 bridgehead atoms. The molecule has 3 atom stereocenters. The third kappa shape index (κ3) is 2.59. The van der Waals surface area contributed by atoms with Gasteiger partial charge in [0.1, 0.15) is 6.10 Å². The molecule has 0 radical (unpaired) electrons. The summed E-state index contributed by atoms with van der Waals surface area (Å²) in [6.07, 6.45) is -1.20. The lowest BCUT2D eigenvalue weighted by atomic mass is 10.4. The second kappa shape index (κ2) is 4.93. The number of nitrogens with zero attached hydrogens (tertiary/aromatic N) is 2. The van der Waals surface area contributed by atoms with Crippen LogP contribution in [0.1, 0.15) is 18.9 Å². The quantitative estimate of drug-likeness (QED) is 0.420.